The van der Waals surface area contributed by atoms with E-state index in [0.29, 0.717) is 6.04 Å². The summed E-state index contributed by atoms with van der Waals surface area (Å²) in [7, 11) is 0. The van der Waals surface area contributed by atoms with Crippen LogP contribution in [0.1, 0.15) is 12.1 Å². The van der Waals surface area contributed by atoms with Gasteiger partial charge >= 0.3 is 0 Å². The molecule has 0 spiro atoms. The highest BCUT2D eigenvalue weighted by atomic mass is 35.5. The number of oxazole rings is 1. The van der Waals surface area contributed by atoms with Crippen LogP contribution in [0.25, 0.3) is 10.8 Å². The summed E-state index contributed by atoms with van der Waals surface area (Å²) in [5, 5.41) is 2.03. The smallest absolute Gasteiger partial charge is 0.236 e. The van der Waals surface area contributed by atoms with Crippen molar-refractivity contribution < 1.29 is 4.42 Å². The molecule has 106 valence electrons. The zero-order valence-electron chi connectivity index (χ0n) is 10.3. The topological polar surface area (TPSA) is 55.3 Å². The van der Waals surface area contributed by atoms with Gasteiger partial charge < -0.3 is 10.2 Å². The number of nitrogens with two attached hydrogens (primary N) is 1. The lowest BCUT2D eigenvalue weighted by Crippen LogP contribution is -2.26. The maximum Gasteiger partial charge on any atom is 0.236 e. The van der Waals surface area contributed by atoms with Gasteiger partial charge in [-0.15, -0.1) is 36.2 Å². The molecule has 0 saturated carbocycles. The van der Waals surface area contributed by atoms with Crippen LogP contribution in [0.2, 0.25) is 0 Å². The number of hydrogen-bond acceptors (Lipinski definition) is 5. The molecule has 0 aliphatic carbocycles. The van der Waals surface area contributed by atoms with Crippen LogP contribution in [0.5, 0.6) is 0 Å². The third-order valence-corrected chi connectivity index (χ3v) is 3.84. The number of rotatable bonds is 3. The lowest BCUT2D eigenvalue weighted by atomic mass is 10.3. The number of aromatic nitrogens is 1. The van der Waals surface area contributed by atoms with Crippen LogP contribution < -0.4 is 5.73 Å². The number of nitrogens with zero attached hydrogens (tertiary/aromatic N) is 2. The van der Waals surface area contributed by atoms with Crippen molar-refractivity contribution in [1.29, 1.82) is 0 Å². The summed E-state index contributed by atoms with van der Waals surface area (Å²) in [5.41, 5.74) is 6.87. The lowest BCUT2D eigenvalue weighted by molar-refractivity contribution is 0.322. The van der Waals surface area contributed by atoms with Crippen LogP contribution in [-0.2, 0) is 6.54 Å². The Morgan fingerprint density at radius 1 is 1.47 bits per heavy atom. The molecule has 0 bridgehead atoms. The minimum atomic E-state index is 0. The first-order chi connectivity index (χ1) is 8.31. The monoisotopic (exact) mass is 321 g/mol. The second-order valence-corrected chi connectivity index (χ2v) is 5.35. The molecule has 19 heavy (non-hydrogen) atoms. The molecular formula is C12H17Cl2N3OS. The van der Waals surface area contributed by atoms with Crippen molar-refractivity contribution in [3.63, 3.8) is 0 Å². The van der Waals surface area contributed by atoms with Crippen molar-refractivity contribution >= 4 is 36.2 Å². The summed E-state index contributed by atoms with van der Waals surface area (Å²) >= 11 is 1.64. The largest absolute Gasteiger partial charge is 0.444 e. The van der Waals surface area contributed by atoms with Gasteiger partial charge in [0.1, 0.15) is 6.26 Å². The number of likely N-dealkylation sites (tertiary alicyclic amines) is 1. The standard InChI is InChI=1S/C12H15N3OS.2ClH/c13-9-3-4-15(6-9)7-10-8-16-12(14-10)11-2-1-5-17-11;;/h1-2,5,8-9H,3-4,6-7,13H2;2*1H/t9-;;/m1../s1. The van der Waals surface area contributed by atoms with Gasteiger partial charge in [0.2, 0.25) is 5.89 Å². The van der Waals surface area contributed by atoms with Gasteiger partial charge in [-0.05, 0) is 17.9 Å². The summed E-state index contributed by atoms with van der Waals surface area (Å²) in [5.74, 6) is 0.721. The zero-order valence-corrected chi connectivity index (χ0v) is 12.8. The molecule has 3 rings (SSSR count). The Bertz CT molecular complexity index is 489. The normalized spacial score (nSPS) is 18.9. The molecule has 1 atom stereocenters. The quantitative estimate of drug-likeness (QED) is 0.944. The highest BCUT2D eigenvalue weighted by Gasteiger charge is 2.20. The predicted octanol–water partition coefficient (Wildman–Crippen LogP) is 2.78. The molecule has 1 saturated heterocycles. The fourth-order valence-electron chi connectivity index (χ4n) is 2.13. The van der Waals surface area contributed by atoms with Gasteiger partial charge in [-0.25, -0.2) is 4.98 Å². The first kappa shape index (κ1) is 16.5. The van der Waals surface area contributed by atoms with Crippen molar-refractivity contribution in [3.8, 4) is 10.8 Å². The summed E-state index contributed by atoms with van der Waals surface area (Å²) < 4.78 is 5.49. The Kier molecular flexibility index (Phi) is 6.29. The number of thiophene rings is 1. The molecule has 7 heteroatoms. The average molecular weight is 322 g/mol. The molecule has 2 aromatic rings. The minimum absolute atomic E-state index is 0. The van der Waals surface area contributed by atoms with Crippen molar-refractivity contribution in [2.45, 2.75) is 19.0 Å². The van der Waals surface area contributed by atoms with Gasteiger partial charge in [0.15, 0.2) is 0 Å². The second-order valence-electron chi connectivity index (χ2n) is 4.41. The Hall–Kier alpha value is -0.590. The summed E-state index contributed by atoms with van der Waals surface area (Å²) in [6.45, 7) is 2.85. The van der Waals surface area contributed by atoms with Gasteiger partial charge in [-0.3, -0.25) is 4.90 Å². The van der Waals surface area contributed by atoms with E-state index in [1.807, 2.05) is 17.5 Å². The van der Waals surface area contributed by atoms with Crippen LogP contribution in [0, 0.1) is 0 Å². The molecule has 2 N–H and O–H groups in total. The molecule has 1 fully saturated rings. The SMILES string of the molecule is Cl.Cl.N[C@@H]1CCN(Cc2coc(-c3cccs3)n2)C1. The van der Waals surface area contributed by atoms with E-state index >= 15 is 0 Å². The zero-order chi connectivity index (χ0) is 11.7. The minimum Gasteiger partial charge on any atom is -0.444 e. The van der Waals surface area contributed by atoms with Crippen molar-refractivity contribution in [3.05, 3.63) is 29.5 Å². The van der Waals surface area contributed by atoms with Crippen LogP contribution in [0.3, 0.4) is 0 Å². The van der Waals surface area contributed by atoms with Gasteiger partial charge in [-0.1, -0.05) is 6.07 Å². The highest BCUT2D eigenvalue weighted by Crippen LogP contribution is 2.24. The summed E-state index contributed by atoms with van der Waals surface area (Å²) in [6, 6.07) is 4.34. The average Bonchev–Trinajstić information content (AvgIpc) is 3.00. The van der Waals surface area contributed by atoms with Crippen LogP contribution in [0.4, 0.5) is 0 Å². The van der Waals surface area contributed by atoms with Gasteiger partial charge in [0.25, 0.3) is 0 Å². The van der Waals surface area contributed by atoms with Gasteiger partial charge in [-0.2, -0.15) is 0 Å². The molecule has 3 heterocycles. The van der Waals surface area contributed by atoms with Gasteiger partial charge in [0, 0.05) is 25.7 Å². The van der Waals surface area contributed by atoms with E-state index in [1.54, 1.807) is 17.6 Å². The summed E-state index contributed by atoms with van der Waals surface area (Å²) in [4.78, 5) is 7.90. The van der Waals surface area contributed by atoms with E-state index in [-0.39, 0.29) is 24.8 Å². The first-order valence-electron chi connectivity index (χ1n) is 5.77. The Morgan fingerprint density at radius 2 is 2.32 bits per heavy atom. The maximum absolute atomic E-state index is 5.88. The molecule has 4 nitrogen and oxygen atoms in total. The second kappa shape index (κ2) is 7.26. The fraction of sp³-hybridized carbons (Fsp3) is 0.417. The van der Waals surface area contributed by atoms with E-state index < -0.39 is 0 Å². The van der Waals surface area contributed by atoms with Gasteiger partial charge in [0.05, 0.1) is 10.6 Å². The lowest BCUT2D eigenvalue weighted by Gasteiger charge is -2.12. The Balaban J connectivity index is 0.000000902. The third kappa shape index (κ3) is 3.94. The van der Waals surface area contributed by atoms with E-state index in [4.69, 9.17) is 10.2 Å². The Labute approximate surface area is 128 Å². The van der Waals surface area contributed by atoms with Crippen molar-refractivity contribution in [2.24, 2.45) is 5.73 Å². The van der Waals surface area contributed by atoms with E-state index in [2.05, 4.69) is 9.88 Å². The maximum atomic E-state index is 5.88. The molecular weight excluding hydrogens is 305 g/mol. The van der Waals surface area contributed by atoms with E-state index in [9.17, 15) is 0 Å². The van der Waals surface area contributed by atoms with E-state index in [0.717, 1.165) is 42.5 Å². The van der Waals surface area contributed by atoms with Crippen molar-refractivity contribution in [1.82, 2.24) is 9.88 Å². The molecule has 0 amide bonds. The molecule has 1 aliphatic heterocycles. The summed E-state index contributed by atoms with van der Waals surface area (Å²) in [6.07, 6.45) is 2.83. The van der Waals surface area contributed by atoms with Crippen LogP contribution >= 0.6 is 36.2 Å². The number of hydrogen-bond donors (Lipinski definition) is 1. The van der Waals surface area contributed by atoms with Crippen LogP contribution in [-0.4, -0.2) is 29.0 Å². The number of halogens is 2. The first-order valence-corrected chi connectivity index (χ1v) is 6.65. The fourth-order valence-corrected chi connectivity index (χ4v) is 2.78. The molecule has 0 unspecified atom stereocenters. The van der Waals surface area contributed by atoms with Crippen molar-refractivity contribution in [2.75, 3.05) is 13.1 Å². The molecule has 1 aliphatic rings. The Morgan fingerprint density at radius 3 is 2.95 bits per heavy atom. The molecule has 0 radical (unpaired) electrons. The predicted molar refractivity (Wildman–Crippen MR) is 82.2 cm³/mol. The third-order valence-electron chi connectivity index (χ3n) is 2.98. The van der Waals surface area contributed by atoms with Crippen LogP contribution in [0.15, 0.2) is 28.2 Å². The highest BCUT2D eigenvalue weighted by molar-refractivity contribution is 7.13. The molecule has 0 aromatic carbocycles. The molecule has 2 aromatic heterocycles. The van der Waals surface area contributed by atoms with E-state index in [1.165, 1.54) is 0 Å².